The summed E-state index contributed by atoms with van der Waals surface area (Å²) in [4.78, 5) is 13.3. The first kappa shape index (κ1) is 13.4. The molecule has 0 atom stereocenters. The van der Waals surface area contributed by atoms with Crippen LogP contribution in [0.4, 0.5) is 10.8 Å². The summed E-state index contributed by atoms with van der Waals surface area (Å²) in [6, 6.07) is 8.22. The Kier molecular flexibility index (Phi) is 3.71. The number of nitrogens with two attached hydrogens (primary N) is 2. The van der Waals surface area contributed by atoms with Crippen molar-refractivity contribution in [2.24, 2.45) is 5.73 Å². The van der Waals surface area contributed by atoms with E-state index in [9.17, 15) is 4.79 Å². The van der Waals surface area contributed by atoms with Gasteiger partial charge >= 0.3 is 0 Å². The van der Waals surface area contributed by atoms with Gasteiger partial charge in [0.2, 0.25) is 0 Å². The number of carbonyl (C=O) groups excluding carboxylic acids is 1. The molecular weight excluding hydrogens is 260 g/mol. The second-order valence-corrected chi connectivity index (χ2v) is 5.21. The van der Waals surface area contributed by atoms with Crippen molar-refractivity contribution in [1.82, 2.24) is 4.37 Å². The first-order valence-electron chi connectivity index (χ1n) is 5.80. The lowest BCUT2D eigenvalue weighted by atomic mass is 10.1. The van der Waals surface area contributed by atoms with Crippen molar-refractivity contribution in [2.75, 3.05) is 17.7 Å². The normalized spacial score (nSPS) is 10.4. The van der Waals surface area contributed by atoms with Crippen LogP contribution in [0.3, 0.4) is 0 Å². The van der Waals surface area contributed by atoms with Gasteiger partial charge in [-0.2, -0.15) is 4.37 Å². The maximum atomic E-state index is 11.4. The summed E-state index contributed by atoms with van der Waals surface area (Å²) in [5, 5.41) is 0.700. The Labute approximate surface area is 116 Å². The van der Waals surface area contributed by atoms with E-state index < -0.39 is 5.91 Å². The second-order valence-electron chi connectivity index (χ2n) is 4.45. The summed E-state index contributed by atoms with van der Waals surface area (Å²) in [7, 11) is 1.89. The van der Waals surface area contributed by atoms with E-state index in [-0.39, 0.29) is 5.82 Å². The van der Waals surface area contributed by atoms with Crippen molar-refractivity contribution >= 4 is 28.3 Å². The van der Waals surface area contributed by atoms with Gasteiger partial charge in [-0.3, -0.25) is 4.79 Å². The molecule has 1 aromatic carbocycles. The average Bonchev–Trinajstić information content (AvgIpc) is 2.74. The lowest BCUT2D eigenvalue weighted by Crippen LogP contribution is -2.21. The molecule has 0 fully saturated rings. The fraction of sp³-hybridized carbons (Fsp3) is 0.231. The van der Waals surface area contributed by atoms with Gasteiger partial charge in [0.05, 0.1) is 0 Å². The van der Waals surface area contributed by atoms with Crippen molar-refractivity contribution in [3.8, 4) is 0 Å². The number of amides is 1. The third kappa shape index (κ3) is 2.85. The molecule has 1 amide bonds. The van der Waals surface area contributed by atoms with Crippen LogP contribution in [-0.4, -0.2) is 17.3 Å². The fourth-order valence-corrected chi connectivity index (χ4v) is 2.60. The van der Waals surface area contributed by atoms with Gasteiger partial charge in [0.15, 0.2) is 5.82 Å². The van der Waals surface area contributed by atoms with Gasteiger partial charge in [-0.15, -0.1) is 0 Å². The van der Waals surface area contributed by atoms with Gasteiger partial charge in [-0.25, -0.2) is 0 Å². The topological polar surface area (TPSA) is 85.2 Å². The van der Waals surface area contributed by atoms with Crippen molar-refractivity contribution in [3.05, 3.63) is 41.0 Å². The van der Waals surface area contributed by atoms with Crippen LogP contribution in [0.2, 0.25) is 0 Å². The molecule has 1 heterocycles. The summed E-state index contributed by atoms with van der Waals surface area (Å²) < 4.78 is 3.99. The van der Waals surface area contributed by atoms with Crippen molar-refractivity contribution in [2.45, 2.75) is 13.5 Å². The zero-order chi connectivity index (χ0) is 14.0. The van der Waals surface area contributed by atoms with Gasteiger partial charge in [0, 0.05) is 13.6 Å². The number of rotatable bonds is 4. The minimum absolute atomic E-state index is 0.197. The predicted octanol–water partition coefficient (Wildman–Crippen LogP) is 1.77. The number of hydrogen-bond donors (Lipinski definition) is 2. The summed E-state index contributed by atoms with van der Waals surface area (Å²) in [5.74, 6) is -0.347. The lowest BCUT2D eigenvalue weighted by Gasteiger charge is -2.18. The van der Waals surface area contributed by atoms with Crippen LogP contribution < -0.4 is 16.4 Å². The molecule has 0 spiro atoms. The van der Waals surface area contributed by atoms with E-state index in [1.165, 1.54) is 17.1 Å². The first-order chi connectivity index (χ1) is 8.99. The number of carbonyl (C=O) groups is 1. The molecule has 2 aromatic rings. The van der Waals surface area contributed by atoms with Crippen LogP contribution >= 0.6 is 11.5 Å². The highest BCUT2D eigenvalue weighted by atomic mass is 32.1. The number of hydrogen-bond acceptors (Lipinski definition) is 5. The molecule has 4 N–H and O–H groups in total. The minimum atomic E-state index is -0.544. The smallest absolute Gasteiger partial charge is 0.255 e. The third-order valence-electron chi connectivity index (χ3n) is 2.83. The maximum absolute atomic E-state index is 11.4. The highest BCUT2D eigenvalue weighted by Crippen LogP contribution is 2.30. The molecule has 5 nitrogen and oxygen atoms in total. The average molecular weight is 276 g/mol. The van der Waals surface area contributed by atoms with Crippen LogP contribution in [0.5, 0.6) is 0 Å². The Morgan fingerprint density at radius 3 is 2.58 bits per heavy atom. The first-order valence-corrected chi connectivity index (χ1v) is 6.58. The zero-order valence-electron chi connectivity index (χ0n) is 10.9. The van der Waals surface area contributed by atoms with E-state index in [2.05, 4.69) is 28.6 Å². The molecule has 6 heteroatoms. The molecule has 0 saturated carbocycles. The van der Waals surface area contributed by atoms with E-state index in [4.69, 9.17) is 11.5 Å². The predicted molar refractivity (Wildman–Crippen MR) is 78.3 cm³/mol. The van der Waals surface area contributed by atoms with E-state index in [1.807, 2.05) is 18.9 Å². The third-order valence-corrected chi connectivity index (χ3v) is 3.81. The zero-order valence-corrected chi connectivity index (χ0v) is 11.7. The highest BCUT2D eigenvalue weighted by Gasteiger charge is 2.19. The molecule has 100 valence electrons. The van der Waals surface area contributed by atoms with Crippen LogP contribution in [0.25, 0.3) is 0 Å². The summed E-state index contributed by atoms with van der Waals surface area (Å²) in [5.41, 5.74) is 13.7. The molecule has 0 saturated heterocycles. The molecule has 0 aliphatic rings. The van der Waals surface area contributed by atoms with Gasteiger partial charge in [0.25, 0.3) is 5.91 Å². The van der Waals surface area contributed by atoms with E-state index in [0.717, 1.165) is 5.56 Å². The quantitative estimate of drug-likeness (QED) is 0.891. The van der Waals surface area contributed by atoms with Gasteiger partial charge in [-0.1, -0.05) is 29.8 Å². The van der Waals surface area contributed by atoms with Crippen molar-refractivity contribution < 1.29 is 4.79 Å². The van der Waals surface area contributed by atoms with E-state index >= 15 is 0 Å². The highest BCUT2D eigenvalue weighted by molar-refractivity contribution is 7.11. The molecular formula is C13H16N4OS. The number of aryl methyl sites for hydroxylation is 1. The Balaban J connectivity index is 2.23. The molecule has 2 rings (SSSR count). The van der Waals surface area contributed by atoms with Crippen LogP contribution in [0.1, 0.15) is 21.5 Å². The lowest BCUT2D eigenvalue weighted by molar-refractivity contribution is 0.100. The number of nitrogens with zero attached hydrogens (tertiary/aromatic N) is 2. The Morgan fingerprint density at radius 2 is 2.00 bits per heavy atom. The molecule has 0 aliphatic carbocycles. The fourth-order valence-electron chi connectivity index (χ4n) is 1.82. The number of primary amides is 1. The van der Waals surface area contributed by atoms with Crippen LogP contribution in [0, 0.1) is 6.92 Å². The Hall–Kier alpha value is -2.08. The number of benzene rings is 1. The Bertz CT molecular complexity index is 591. The number of nitrogen functional groups attached to an aromatic ring is 1. The van der Waals surface area contributed by atoms with Crippen LogP contribution in [-0.2, 0) is 6.54 Å². The summed E-state index contributed by atoms with van der Waals surface area (Å²) in [6.07, 6.45) is 0. The molecule has 0 bridgehead atoms. The maximum Gasteiger partial charge on any atom is 0.255 e. The minimum Gasteiger partial charge on any atom is -0.382 e. The summed E-state index contributed by atoms with van der Waals surface area (Å²) >= 11 is 1.19. The number of aromatic nitrogens is 1. The molecule has 0 radical (unpaired) electrons. The SMILES string of the molecule is Cc1ccc(CN(C)c2snc(N)c2C(N)=O)cc1. The molecule has 0 unspecified atom stereocenters. The monoisotopic (exact) mass is 276 g/mol. The van der Waals surface area contributed by atoms with Gasteiger partial charge in [-0.05, 0) is 24.0 Å². The number of anilines is 2. The standard InChI is InChI=1S/C13H16N4OS/c1-8-3-5-9(6-4-8)7-17(2)13-10(12(15)18)11(14)16-19-13/h3-6H,7H2,1-2H3,(H2,14,16)(H2,15,18). The summed E-state index contributed by atoms with van der Waals surface area (Å²) in [6.45, 7) is 2.71. The van der Waals surface area contributed by atoms with Crippen LogP contribution in [0.15, 0.2) is 24.3 Å². The second kappa shape index (κ2) is 5.27. The molecule has 1 aromatic heterocycles. The van der Waals surface area contributed by atoms with E-state index in [1.54, 1.807) is 0 Å². The van der Waals surface area contributed by atoms with Gasteiger partial charge < -0.3 is 16.4 Å². The molecule has 0 aliphatic heterocycles. The molecule has 19 heavy (non-hydrogen) atoms. The van der Waals surface area contributed by atoms with E-state index in [0.29, 0.717) is 17.1 Å². The van der Waals surface area contributed by atoms with Crippen molar-refractivity contribution in [1.29, 1.82) is 0 Å². The van der Waals surface area contributed by atoms with Gasteiger partial charge in [0.1, 0.15) is 10.6 Å². The largest absolute Gasteiger partial charge is 0.382 e. The van der Waals surface area contributed by atoms with Crippen molar-refractivity contribution in [3.63, 3.8) is 0 Å². The Morgan fingerprint density at radius 1 is 1.37 bits per heavy atom.